The van der Waals surface area contributed by atoms with Crippen molar-refractivity contribution in [1.82, 2.24) is 14.8 Å². The van der Waals surface area contributed by atoms with Gasteiger partial charge in [-0.05, 0) is 103 Å². The summed E-state index contributed by atoms with van der Waals surface area (Å²) in [5.74, 6) is -3.31. The number of para-hydroxylation sites is 1. The number of carbonyl (C=O) groups excluding carboxylic acids is 5. The van der Waals surface area contributed by atoms with Gasteiger partial charge in [0, 0.05) is 63.8 Å². The number of aldehydes is 1. The average Bonchev–Trinajstić information content (AvgIpc) is 3.35. The molecule has 5 rings (SSSR count). The lowest BCUT2D eigenvalue weighted by molar-refractivity contribution is -0.344. The second-order valence-electron chi connectivity index (χ2n) is 21.8. The van der Waals surface area contributed by atoms with Gasteiger partial charge in [0.25, 0.3) is 0 Å². The van der Waals surface area contributed by atoms with E-state index < -0.39 is 127 Å². The summed E-state index contributed by atoms with van der Waals surface area (Å²) in [5, 5.41) is 25.1. The molecule has 5 unspecified atom stereocenters. The van der Waals surface area contributed by atoms with Crippen molar-refractivity contribution in [3.8, 4) is 0 Å². The molecule has 426 valence electrons. The number of aromatic nitrogens is 1. The summed E-state index contributed by atoms with van der Waals surface area (Å²) >= 11 is 0. The Morgan fingerprint density at radius 2 is 1.68 bits per heavy atom. The number of aliphatic hydroxyl groups excluding tert-OH is 2. The number of β-amino-alcohol motifs (C(OH)–C–C–N with tert-alkyl or cyclic N) is 1. The van der Waals surface area contributed by atoms with Crippen LogP contribution in [0.1, 0.15) is 125 Å². The highest BCUT2D eigenvalue weighted by Gasteiger charge is 2.55. The second-order valence-corrected chi connectivity index (χ2v) is 21.8. The molecule has 3 fully saturated rings. The number of ether oxygens (including phenoxy) is 9. The van der Waals surface area contributed by atoms with Crippen molar-refractivity contribution in [2.45, 2.75) is 205 Å². The minimum atomic E-state index is -1.45. The largest absolute Gasteiger partial charge is 0.462 e. The van der Waals surface area contributed by atoms with Crippen LogP contribution in [0.5, 0.6) is 0 Å². The molecule has 76 heavy (non-hydrogen) atoms. The van der Waals surface area contributed by atoms with Gasteiger partial charge in [-0.3, -0.25) is 24.2 Å². The Morgan fingerprint density at radius 1 is 0.961 bits per heavy atom. The first-order chi connectivity index (χ1) is 36.1. The van der Waals surface area contributed by atoms with E-state index in [1.807, 2.05) is 75.2 Å². The van der Waals surface area contributed by atoms with Crippen LogP contribution in [0.2, 0.25) is 0 Å². The lowest BCUT2D eigenvalue weighted by Gasteiger charge is -2.51. The molecule has 19 nitrogen and oxygen atoms in total. The van der Waals surface area contributed by atoms with Gasteiger partial charge in [0.1, 0.15) is 36.8 Å². The lowest BCUT2D eigenvalue weighted by Crippen LogP contribution is -2.66. The SMILES string of the molecule is CCC(=O)O[C@@H]1CC(=O)O[C@@H](CC=Cc2cnc3ccccc3c2)CCCN(C)C[C@H](O)[C@H](C)C[C@H](CC=O)[C@H](O[C@@H]2OC(C)[C@@H](O[C@H]3CC(C)(OC(=O)CC)[C@@H](OC(=O)CC(C)C)C(C)O3)C(N(C)C)C2O)[C@H]1OC. The van der Waals surface area contributed by atoms with E-state index in [1.165, 1.54) is 7.11 Å². The molecule has 0 saturated carbocycles. The summed E-state index contributed by atoms with van der Waals surface area (Å²) in [4.78, 5) is 74.4. The highest BCUT2D eigenvalue weighted by molar-refractivity contribution is 5.80. The molecule has 0 aliphatic carbocycles. The van der Waals surface area contributed by atoms with Crippen LogP contribution in [0.4, 0.5) is 0 Å². The quantitative estimate of drug-likeness (QED) is 0.0961. The predicted octanol–water partition coefficient (Wildman–Crippen LogP) is 6.21. The molecule has 4 heterocycles. The number of benzene rings is 1. The number of likely N-dealkylation sites (N-methyl/N-ethyl adjacent to an activating group) is 2. The number of fused-ring (bicyclic) bond motifs is 1. The topological polar surface area (TPSA) is 228 Å². The molecule has 1 aromatic heterocycles. The number of rotatable bonds is 18. The number of esters is 4. The van der Waals surface area contributed by atoms with Gasteiger partial charge in [0.2, 0.25) is 0 Å². The zero-order chi connectivity index (χ0) is 55.9. The first-order valence-corrected chi connectivity index (χ1v) is 27.2. The van der Waals surface area contributed by atoms with E-state index in [-0.39, 0.29) is 44.4 Å². The minimum Gasteiger partial charge on any atom is -0.462 e. The number of hydrogen-bond donors (Lipinski definition) is 2. The van der Waals surface area contributed by atoms with Crippen LogP contribution in [-0.4, -0.2) is 182 Å². The summed E-state index contributed by atoms with van der Waals surface area (Å²) in [7, 11) is 6.82. The molecule has 3 aliphatic rings. The van der Waals surface area contributed by atoms with Crippen LogP contribution in [-0.2, 0) is 66.6 Å². The molecule has 0 bridgehead atoms. The minimum absolute atomic E-state index is 0.0202. The van der Waals surface area contributed by atoms with Gasteiger partial charge in [-0.1, -0.05) is 65.0 Å². The molecule has 0 spiro atoms. The van der Waals surface area contributed by atoms with Gasteiger partial charge < -0.3 is 67.4 Å². The van der Waals surface area contributed by atoms with E-state index >= 15 is 0 Å². The van der Waals surface area contributed by atoms with Crippen molar-refractivity contribution in [2.24, 2.45) is 17.8 Å². The van der Waals surface area contributed by atoms with Gasteiger partial charge in [-0.2, -0.15) is 0 Å². The third-order valence-corrected chi connectivity index (χ3v) is 14.7. The molecular formula is C57H87N3O16. The van der Waals surface area contributed by atoms with E-state index in [0.717, 1.165) is 22.8 Å². The summed E-state index contributed by atoms with van der Waals surface area (Å²) in [6.07, 6.45) is -4.58. The molecule has 0 amide bonds. The fourth-order valence-corrected chi connectivity index (χ4v) is 10.7. The highest BCUT2D eigenvalue weighted by Crippen LogP contribution is 2.40. The van der Waals surface area contributed by atoms with Crippen LogP contribution in [0, 0.1) is 17.8 Å². The van der Waals surface area contributed by atoms with Gasteiger partial charge in [-0.15, -0.1) is 0 Å². The number of carbonyl (C=O) groups is 5. The number of cyclic esters (lactones) is 1. The maximum Gasteiger partial charge on any atom is 0.309 e. The summed E-state index contributed by atoms with van der Waals surface area (Å²) in [5.41, 5.74) is 0.420. The third kappa shape index (κ3) is 17.5. The van der Waals surface area contributed by atoms with E-state index in [1.54, 1.807) is 59.8 Å². The molecule has 2 aromatic rings. The Bertz CT molecular complexity index is 2210. The van der Waals surface area contributed by atoms with Crippen molar-refractivity contribution in [2.75, 3.05) is 41.3 Å². The van der Waals surface area contributed by atoms with Gasteiger partial charge >= 0.3 is 23.9 Å². The Balaban J connectivity index is 1.45. The monoisotopic (exact) mass is 1070 g/mol. The summed E-state index contributed by atoms with van der Waals surface area (Å²) < 4.78 is 56.8. The first-order valence-electron chi connectivity index (χ1n) is 27.2. The zero-order valence-electron chi connectivity index (χ0n) is 46.9. The van der Waals surface area contributed by atoms with Crippen LogP contribution < -0.4 is 0 Å². The molecule has 0 radical (unpaired) electrons. The number of pyridine rings is 1. The Hall–Kier alpha value is -4.44. The van der Waals surface area contributed by atoms with Crippen molar-refractivity contribution >= 4 is 47.1 Å². The van der Waals surface area contributed by atoms with Crippen molar-refractivity contribution in [1.29, 1.82) is 0 Å². The molecular weight excluding hydrogens is 983 g/mol. The fourth-order valence-electron chi connectivity index (χ4n) is 10.7. The van der Waals surface area contributed by atoms with Gasteiger partial charge in [-0.25, -0.2) is 0 Å². The molecule has 16 atom stereocenters. The molecule has 1 aromatic carbocycles. The number of hydrogen-bond acceptors (Lipinski definition) is 19. The van der Waals surface area contributed by atoms with Crippen LogP contribution in [0.25, 0.3) is 17.0 Å². The van der Waals surface area contributed by atoms with Crippen molar-refractivity contribution in [3.05, 3.63) is 48.2 Å². The summed E-state index contributed by atoms with van der Waals surface area (Å²) in [6, 6.07) is 9.03. The van der Waals surface area contributed by atoms with Gasteiger partial charge in [0.15, 0.2) is 24.3 Å². The smallest absolute Gasteiger partial charge is 0.309 e. The Labute approximate surface area is 449 Å². The number of methoxy groups -OCH3 is 1. The van der Waals surface area contributed by atoms with Crippen molar-refractivity contribution in [3.63, 3.8) is 0 Å². The summed E-state index contributed by atoms with van der Waals surface area (Å²) in [6.45, 7) is 15.0. The standard InChI is InChI=1S/C57H87N3O16/c1-13-45(63)72-44-30-48(66)71-41(21-17-19-38-29-39-20-15-16-23-42(39)58-32-38)22-18-25-60(11)33-43(62)35(5)28-40(24-26-61)53(54(44)68-12)75-56-51(67)50(59(9)10)52(36(6)70-56)74-49-31-57(8,76-46(64)14-2)55(37(7)69-49)73-47(65)27-34(3)4/h15-17,19-20,23,26,29,32,34-37,40-41,43-44,49-56,62,67H,13-14,18,21-22,24-25,27-28,30-31,33H2,1-12H3/t35-,36?,37?,40+,41+,43+,44-,49+,50?,51?,52-,53+,54+,55+,56+,57?/m1/s1. The van der Waals surface area contributed by atoms with Crippen LogP contribution >= 0.6 is 0 Å². The maximum absolute atomic E-state index is 14.2. The maximum atomic E-state index is 14.2. The molecule has 2 N–H and O–H groups in total. The zero-order valence-corrected chi connectivity index (χ0v) is 46.9. The molecule has 19 heteroatoms. The van der Waals surface area contributed by atoms with Gasteiger partial charge in [0.05, 0.1) is 42.4 Å². The van der Waals surface area contributed by atoms with Crippen molar-refractivity contribution < 1.29 is 76.8 Å². The Kier molecular flexibility index (Phi) is 24.2. The highest BCUT2D eigenvalue weighted by atomic mass is 16.7. The average molecular weight is 1070 g/mol. The third-order valence-electron chi connectivity index (χ3n) is 14.7. The predicted molar refractivity (Wildman–Crippen MR) is 282 cm³/mol. The van der Waals surface area contributed by atoms with E-state index in [9.17, 15) is 34.2 Å². The van der Waals surface area contributed by atoms with Crippen LogP contribution in [0.15, 0.2) is 42.6 Å². The normalized spacial score (nSPS) is 33.7. The van der Waals surface area contributed by atoms with E-state index in [4.69, 9.17) is 42.6 Å². The van der Waals surface area contributed by atoms with Crippen LogP contribution in [0.3, 0.4) is 0 Å². The fraction of sp³-hybridized carbons (Fsp3) is 0.719. The first kappa shape index (κ1) is 62.4. The Morgan fingerprint density at radius 3 is 2.36 bits per heavy atom. The number of nitrogens with zero attached hydrogens (tertiary/aromatic N) is 3. The molecule has 3 aliphatic heterocycles. The molecule has 3 saturated heterocycles. The van der Waals surface area contributed by atoms with E-state index in [0.29, 0.717) is 32.4 Å². The lowest BCUT2D eigenvalue weighted by atomic mass is 9.82. The van der Waals surface area contributed by atoms with E-state index in [2.05, 4.69) is 4.98 Å². The number of aliphatic hydroxyl groups is 2. The second kappa shape index (κ2) is 29.5.